The number of nitrogens with one attached hydrogen (secondary N) is 1. The lowest BCUT2D eigenvalue weighted by Crippen LogP contribution is -2.24. The Morgan fingerprint density at radius 2 is 1.66 bits per heavy atom. The minimum absolute atomic E-state index is 0.101. The topological polar surface area (TPSA) is 76.3 Å². The summed E-state index contributed by atoms with van der Waals surface area (Å²) in [5, 5.41) is 2.75. The fraction of sp³-hybridized carbons (Fsp3) is 0.227. The van der Waals surface area contributed by atoms with Crippen molar-refractivity contribution < 1.29 is 9.59 Å². The fourth-order valence-corrected chi connectivity index (χ4v) is 3.61. The van der Waals surface area contributed by atoms with Gasteiger partial charge in [0.1, 0.15) is 5.69 Å². The number of nitrogens with zero attached hydrogens (tertiary/aromatic N) is 3. The molecule has 1 aliphatic heterocycles. The molecule has 4 rings (SSSR count). The number of hydrogen-bond donors (Lipinski definition) is 1. The average molecular weight is 390 g/mol. The second kappa shape index (κ2) is 7.43. The molecule has 3 aromatic rings. The lowest BCUT2D eigenvalue weighted by Gasteiger charge is -2.15. The Hall–Kier alpha value is -3.61. The Bertz CT molecular complexity index is 1130. The molecule has 0 atom stereocenters. The smallest absolute Gasteiger partial charge is 0.295 e. The molecule has 29 heavy (non-hydrogen) atoms. The maximum absolute atomic E-state index is 12.9. The van der Waals surface area contributed by atoms with Gasteiger partial charge in [-0.05, 0) is 49.7 Å². The van der Waals surface area contributed by atoms with E-state index >= 15 is 0 Å². The molecule has 2 aromatic carbocycles. The Labute approximate surface area is 168 Å². The van der Waals surface area contributed by atoms with Gasteiger partial charge in [0.2, 0.25) is 5.91 Å². The number of rotatable bonds is 4. The highest BCUT2D eigenvalue weighted by molar-refractivity contribution is 6.05. The van der Waals surface area contributed by atoms with E-state index in [2.05, 4.69) is 5.32 Å². The third kappa shape index (κ3) is 3.35. The maximum Gasteiger partial charge on any atom is 0.295 e. The molecule has 0 saturated carbocycles. The molecule has 148 valence electrons. The molecule has 7 heteroatoms. The molecule has 2 amide bonds. The summed E-state index contributed by atoms with van der Waals surface area (Å²) in [5.74, 6) is -0.265. The zero-order chi connectivity index (χ0) is 20.5. The summed E-state index contributed by atoms with van der Waals surface area (Å²) in [5.41, 5.74) is 2.55. The number of carbonyl (C=O) groups excluding carboxylic acids is 2. The van der Waals surface area contributed by atoms with Gasteiger partial charge < -0.3 is 10.2 Å². The number of hydrogen-bond acceptors (Lipinski definition) is 3. The molecule has 1 N–H and O–H groups in total. The zero-order valence-corrected chi connectivity index (χ0v) is 16.4. The van der Waals surface area contributed by atoms with E-state index in [1.54, 1.807) is 47.8 Å². The van der Waals surface area contributed by atoms with Gasteiger partial charge in [-0.3, -0.25) is 19.1 Å². The van der Waals surface area contributed by atoms with Gasteiger partial charge in [-0.1, -0.05) is 18.2 Å². The molecule has 0 aliphatic carbocycles. The van der Waals surface area contributed by atoms with Gasteiger partial charge in [0.05, 0.1) is 11.4 Å². The second-order valence-electron chi connectivity index (χ2n) is 7.09. The number of carbonyl (C=O) groups is 2. The van der Waals surface area contributed by atoms with Gasteiger partial charge in [-0.25, -0.2) is 4.68 Å². The van der Waals surface area contributed by atoms with Crippen LogP contribution < -0.4 is 15.8 Å². The first-order valence-corrected chi connectivity index (χ1v) is 9.53. The third-order valence-electron chi connectivity index (χ3n) is 5.31. The van der Waals surface area contributed by atoms with Crippen molar-refractivity contribution in [3.8, 4) is 5.69 Å². The van der Waals surface area contributed by atoms with Gasteiger partial charge in [-0.15, -0.1) is 0 Å². The summed E-state index contributed by atoms with van der Waals surface area (Å²) < 4.78 is 3.24. The predicted octanol–water partition coefficient (Wildman–Crippen LogP) is 2.86. The van der Waals surface area contributed by atoms with Gasteiger partial charge in [-0.2, -0.15) is 0 Å². The first kappa shape index (κ1) is 18.7. The Morgan fingerprint density at radius 1 is 0.966 bits per heavy atom. The van der Waals surface area contributed by atoms with Crippen LogP contribution >= 0.6 is 0 Å². The van der Waals surface area contributed by atoms with Crippen molar-refractivity contribution in [3.05, 3.63) is 76.2 Å². The van der Waals surface area contributed by atoms with E-state index in [1.165, 1.54) is 4.68 Å². The van der Waals surface area contributed by atoms with E-state index in [9.17, 15) is 14.4 Å². The highest BCUT2D eigenvalue weighted by Gasteiger charge is 2.22. The molecule has 0 spiro atoms. The van der Waals surface area contributed by atoms with Crippen LogP contribution in [0.15, 0.2) is 59.4 Å². The van der Waals surface area contributed by atoms with Gasteiger partial charge in [0.15, 0.2) is 0 Å². The van der Waals surface area contributed by atoms with Crippen LogP contribution in [-0.4, -0.2) is 27.7 Å². The minimum atomic E-state index is -0.365. The van der Waals surface area contributed by atoms with Crippen LogP contribution in [0.25, 0.3) is 5.69 Å². The van der Waals surface area contributed by atoms with Gasteiger partial charge in [0, 0.05) is 31.3 Å². The van der Waals surface area contributed by atoms with Crippen LogP contribution in [-0.2, 0) is 11.8 Å². The number of benzene rings is 2. The molecule has 0 radical (unpaired) electrons. The Balaban J connectivity index is 1.59. The molecular weight excluding hydrogens is 368 g/mol. The molecule has 1 fully saturated rings. The fourth-order valence-electron chi connectivity index (χ4n) is 3.61. The summed E-state index contributed by atoms with van der Waals surface area (Å²) in [6.45, 7) is 2.49. The average Bonchev–Trinajstić information content (AvgIpc) is 3.25. The van der Waals surface area contributed by atoms with E-state index in [-0.39, 0.29) is 23.1 Å². The lowest BCUT2D eigenvalue weighted by atomic mass is 10.2. The van der Waals surface area contributed by atoms with Gasteiger partial charge in [0.25, 0.3) is 11.5 Å². The van der Waals surface area contributed by atoms with Crippen molar-refractivity contribution in [2.24, 2.45) is 7.05 Å². The summed E-state index contributed by atoms with van der Waals surface area (Å²) >= 11 is 0. The van der Waals surface area contributed by atoms with E-state index in [0.717, 1.165) is 17.8 Å². The van der Waals surface area contributed by atoms with Crippen LogP contribution in [0.4, 0.5) is 11.4 Å². The van der Waals surface area contributed by atoms with Crippen molar-refractivity contribution in [2.45, 2.75) is 19.8 Å². The number of para-hydroxylation sites is 1. The highest BCUT2D eigenvalue weighted by atomic mass is 16.2. The minimum Gasteiger partial charge on any atom is -0.316 e. The molecular formula is C22H22N4O3. The van der Waals surface area contributed by atoms with E-state index in [1.807, 2.05) is 30.3 Å². The van der Waals surface area contributed by atoms with Crippen molar-refractivity contribution in [1.29, 1.82) is 0 Å². The lowest BCUT2D eigenvalue weighted by molar-refractivity contribution is -0.117. The Kier molecular flexibility index (Phi) is 4.80. The van der Waals surface area contributed by atoms with E-state index in [0.29, 0.717) is 24.2 Å². The second-order valence-corrected chi connectivity index (χ2v) is 7.09. The summed E-state index contributed by atoms with van der Waals surface area (Å²) in [6.07, 6.45) is 1.41. The summed E-state index contributed by atoms with van der Waals surface area (Å²) in [6, 6.07) is 16.1. The van der Waals surface area contributed by atoms with Crippen LogP contribution in [0.2, 0.25) is 0 Å². The quantitative estimate of drug-likeness (QED) is 0.744. The third-order valence-corrected chi connectivity index (χ3v) is 5.31. The molecule has 0 unspecified atom stereocenters. The molecule has 7 nitrogen and oxygen atoms in total. The number of anilines is 2. The largest absolute Gasteiger partial charge is 0.316 e. The maximum atomic E-state index is 12.9. The molecule has 1 saturated heterocycles. The zero-order valence-electron chi connectivity index (χ0n) is 16.4. The summed E-state index contributed by atoms with van der Waals surface area (Å²) in [7, 11) is 1.78. The normalized spacial score (nSPS) is 13.7. The van der Waals surface area contributed by atoms with Gasteiger partial charge >= 0.3 is 0 Å². The highest BCUT2D eigenvalue weighted by Crippen LogP contribution is 2.22. The van der Waals surface area contributed by atoms with Crippen molar-refractivity contribution in [1.82, 2.24) is 9.36 Å². The molecule has 2 heterocycles. The molecule has 1 aliphatic rings. The number of aromatic nitrogens is 2. The predicted molar refractivity (Wildman–Crippen MR) is 112 cm³/mol. The monoisotopic (exact) mass is 390 g/mol. The first-order valence-electron chi connectivity index (χ1n) is 9.53. The van der Waals surface area contributed by atoms with E-state index in [4.69, 9.17) is 0 Å². The van der Waals surface area contributed by atoms with Crippen LogP contribution in [0.5, 0.6) is 0 Å². The SMILES string of the molecule is Cc1c(NC(=O)c2ccc(N3CCCC3=O)cc2)c(=O)n(-c2ccccc2)n1C. The standard InChI is InChI=1S/C22H22N4O3/c1-15-20(22(29)26(24(15)2)18-7-4-3-5-8-18)23-21(28)16-10-12-17(13-11-16)25-14-6-9-19(25)27/h3-5,7-8,10-13H,6,9,14H2,1-2H3,(H,23,28). The molecule has 0 bridgehead atoms. The summed E-state index contributed by atoms with van der Waals surface area (Å²) in [4.78, 5) is 39.2. The number of amides is 2. The van der Waals surface area contributed by atoms with Crippen LogP contribution in [0.3, 0.4) is 0 Å². The van der Waals surface area contributed by atoms with Crippen molar-refractivity contribution in [3.63, 3.8) is 0 Å². The van der Waals surface area contributed by atoms with Crippen LogP contribution in [0, 0.1) is 6.92 Å². The van der Waals surface area contributed by atoms with Crippen molar-refractivity contribution in [2.75, 3.05) is 16.8 Å². The first-order chi connectivity index (χ1) is 14.0. The Morgan fingerprint density at radius 3 is 2.28 bits per heavy atom. The molecule has 1 aromatic heterocycles. The van der Waals surface area contributed by atoms with E-state index < -0.39 is 0 Å². The van der Waals surface area contributed by atoms with Crippen molar-refractivity contribution >= 4 is 23.2 Å². The van der Waals surface area contributed by atoms with Crippen LogP contribution in [0.1, 0.15) is 28.9 Å².